The molecule has 3 nitrogen and oxygen atoms in total. The lowest BCUT2D eigenvalue weighted by molar-refractivity contribution is 0.685. The van der Waals surface area contributed by atoms with Crippen molar-refractivity contribution in [1.29, 1.82) is 0 Å². The second kappa shape index (κ2) is 5.50. The Morgan fingerprint density at radius 1 is 1.47 bits per heavy atom. The number of aryl methyl sites for hydroxylation is 1. The fraction of sp³-hybridized carbons (Fsp3) is 0.643. The smallest absolute Gasteiger partial charge is 0.131 e. The minimum Gasteiger partial charge on any atom is -0.359 e. The first-order valence-corrected chi connectivity index (χ1v) is 6.60. The maximum atomic E-state index is 4.58. The van der Waals surface area contributed by atoms with Crippen LogP contribution in [0.2, 0.25) is 0 Å². The van der Waals surface area contributed by atoms with Crippen LogP contribution in [0.25, 0.3) is 0 Å². The Morgan fingerprint density at radius 3 is 2.82 bits per heavy atom. The predicted octanol–water partition coefficient (Wildman–Crippen LogP) is 2.49. The normalized spacial score (nSPS) is 15.0. The lowest BCUT2D eigenvalue weighted by Gasteiger charge is -2.19. The average molecular weight is 233 g/mol. The third kappa shape index (κ3) is 3.43. The van der Waals surface area contributed by atoms with Crippen molar-refractivity contribution in [2.75, 3.05) is 18.5 Å². The Kier molecular flexibility index (Phi) is 4.00. The number of hydrogen-bond acceptors (Lipinski definition) is 3. The molecule has 0 saturated heterocycles. The standard InChI is InChI=1S/C14H23N3/c1-4-7-17(3)14-11(2)8-12(10-16-14)9-15-13-5-6-13/h8,10,13,15H,4-7,9H2,1-3H3. The maximum Gasteiger partial charge on any atom is 0.131 e. The van der Waals surface area contributed by atoms with Gasteiger partial charge in [-0.15, -0.1) is 0 Å². The van der Waals surface area contributed by atoms with Crippen LogP contribution in [0, 0.1) is 6.92 Å². The van der Waals surface area contributed by atoms with E-state index < -0.39 is 0 Å². The van der Waals surface area contributed by atoms with Crippen LogP contribution in [0.1, 0.15) is 37.3 Å². The van der Waals surface area contributed by atoms with Crippen LogP contribution in [0.3, 0.4) is 0 Å². The molecule has 0 atom stereocenters. The van der Waals surface area contributed by atoms with Crippen molar-refractivity contribution in [3.05, 3.63) is 23.4 Å². The molecule has 1 heterocycles. The van der Waals surface area contributed by atoms with Crippen molar-refractivity contribution in [1.82, 2.24) is 10.3 Å². The number of aromatic nitrogens is 1. The highest BCUT2D eigenvalue weighted by atomic mass is 15.2. The molecule has 1 aliphatic rings. The van der Waals surface area contributed by atoms with Crippen molar-refractivity contribution in [3.8, 4) is 0 Å². The summed E-state index contributed by atoms with van der Waals surface area (Å²) in [7, 11) is 2.11. The van der Waals surface area contributed by atoms with Crippen molar-refractivity contribution in [2.45, 2.75) is 45.7 Å². The van der Waals surface area contributed by atoms with Gasteiger partial charge in [0, 0.05) is 32.4 Å². The molecule has 1 aliphatic carbocycles. The van der Waals surface area contributed by atoms with Crippen molar-refractivity contribution < 1.29 is 0 Å². The van der Waals surface area contributed by atoms with Gasteiger partial charge in [0.1, 0.15) is 5.82 Å². The first-order chi connectivity index (χ1) is 8.20. The van der Waals surface area contributed by atoms with Crippen LogP contribution in [0.15, 0.2) is 12.3 Å². The van der Waals surface area contributed by atoms with Gasteiger partial charge in [-0.05, 0) is 43.4 Å². The first kappa shape index (κ1) is 12.4. The van der Waals surface area contributed by atoms with Gasteiger partial charge in [0.2, 0.25) is 0 Å². The monoisotopic (exact) mass is 233 g/mol. The zero-order chi connectivity index (χ0) is 12.3. The van der Waals surface area contributed by atoms with Crippen molar-refractivity contribution >= 4 is 5.82 Å². The summed E-state index contributed by atoms with van der Waals surface area (Å²) in [4.78, 5) is 6.81. The van der Waals surface area contributed by atoms with E-state index in [-0.39, 0.29) is 0 Å². The molecule has 1 fully saturated rings. The lowest BCUT2D eigenvalue weighted by atomic mass is 10.2. The molecule has 0 amide bonds. The average Bonchev–Trinajstić information content (AvgIpc) is 3.10. The van der Waals surface area contributed by atoms with E-state index in [1.807, 2.05) is 6.20 Å². The minimum absolute atomic E-state index is 0.762. The van der Waals surface area contributed by atoms with Crippen molar-refractivity contribution in [3.63, 3.8) is 0 Å². The van der Waals surface area contributed by atoms with Gasteiger partial charge in [-0.1, -0.05) is 6.92 Å². The summed E-state index contributed by atoms with van der Waals surface area (Å²) in [5.74, 6) is 1.11. The molecule has 1 N–H and O–H groups in total. The molecule has 1 saturated carbocycles. The predicted molar refractivity (Wildman–Crippen MR) is 72.4 cm³/mol. The maximum absolute atomic E-state index is 4.58. The quantitative estimate of drug-likeness (QED) is 0.818. The SMILES string of the molecule is CCCN(C)c1ncc(CNC2CC2)cc1C. The molecule has 0 bridgehead atoms. The molecular formula is C14H23N3. The van der Waals surface area contributed by atoms with E-state index in [4.69, 9.17) is 0 Å². The Labute approximate surface area is 104 Å². The molecule has 1 aromatic rings. The molecule has 17 heavy (non-hydrogen) atoms. The van der Waals surface area contributed by atoms with E-state index in [2.05, 4.69) is 42.2 Å². The fourth-order valence-corrected chi connectivity index (χ4v) is 2.11. The molecule has 0 unspecified atom stereocenters. The molecule has 94 valence electrons. The van der Waals surface area contributed by atoms with Gasteiger partial charge in [0.05, 0.1) is 0 Å². The first-order valence-electron chi connectivity index (χ1n) is 6.60. The van der Waals surface area contributed by atoms with Crippen LogP contribution in [0.5, 0.6) is 0 Å². The van der Waals surface area contributed by atoms with Gasteiger partial charge < -0.3 is 10.2 Å². The summed E-state index contributed by atoms with van der Waals surface area (Å²) in [5, 5.41) is 3.52. The fourth-order valence-electron chi connectivity index (χ4n) is 2.11. The Morgan fingerprint density at radius 2 is 2.24 bits per heavy atom. The zero-order valence-corrected chi connectivity index (χ0v) is 11.2. The highest BCUT2D eigenvalue weighted by Crippen LogP contribution is 2.20. The summed E-state index contributed by atoms with van der Waals surface area (Å²) in [6.07, 6.45) is 5.83. The largest absolute Gasteiger partial charge is 0.359 e. The molecule has 1 aromatic heterocycles. The van der Waals surface area contributed by atoms with E-state index in [9.17, 15) is 0 Å². The number of anilines is 1. The van der Waals surface area contributed by atoms with Gasteiger partial charge in [-0.3, -0.25) is 0 Å². The molecule has 0 aromatic carbocycles. The number of nitrogens with one attached hydrogen (secondary N) is 1. The summed E-state index contributed by atoms with van der Waals surface area (Å²) in [6, 6.07) is 3.02. The Balaban J connectivity index is 1.99. The highest BCUT2D eigenvalue weighted by molar-refractivity contribution is 5.46. The van der Waals surface area contributed by atoms with E-state index in [1.54, 1.807) is 0 Å². The zero-order valence-electron chi connectivity index (χ0n) is 11.2. The summed E-state index contributed by atoms with van der Waals surface area (Å²) >= 11 is 0. The van der Waals surface area contributed by atoms with E-state index in [1.165, 1.54) is 24.0 Å². The van der Waals surface area contributed by atoms with Gasteiger partial charge in [-0.25, -0.2) is 4.98 Å². The summed E-state index contributed by atoms with van der Waals surface area (Å²) in [6.45, 7) is 6.36. The lowest BCUT2D eigenvalue weighted by Crippen LogP contribution is -2.21. The summed E-state index contributed by atoms with van der Waals surface area (Å²) < 4.78 is 0. The van der Waals surface area contributed by atoms with E-state index in [0.717, 1.165) is 31.4 Å². The second-order valence-electron chi connectivity index (χ2n) is 5.06. The van der Waals surface area contributed by atoms with Gasteiger partial charge in [0.25, 0.3) is 0 Å². The van der Waals surface area contributed by atoms with Crippen LogP contribution in [-0.4, -0.2) is 24.6 Å². The molecule has 0 aliphatic heterocycles. The molecule has 3 heteroatoms. The van der Waals surface area contributed by atoms with Gasteiger partial charge in [-0.2, -0.15) is 0 Å². The van der Waals surface area contributed by atoms with Gasteiger partial charge >= 0.3 is 0 Å². The van der Waals surface area contributed by atoms with Gasteiger partial charge in [0.15, 0.2) is 0 Å². The van der Waals surface area contributed by atoms with Crippen LogP contribution < -0.4 is 10.2 Å². The highest BCUT2D eigenvalue weighted by Gasteiger charge is 2.20. The number of nitrogens with zero attached hydrogens (tertiary/aromatic N) is 2. The number of hydrogen-bond donors (Lipinski definition) is 1. The van der Waals surface area contributed by atoms with Crippen LogP contribution >= 0.6 is 0 Å². The number of pyridine rings is 1. The second-order valence-corrected chi connectivity index (χ2v) is 5.06. The summed E-state index contributed by atoms with van der Waals surface area (Å²) in [5.41, 5.74) is 2.57. The third-order valence-corrected chi connectivity index (χ3v) is 3.20. The van der Waals surface area contributed by atoms with Crippen LogP contribution in [0.4, 0.5) is 5.82 Å². The number of rotatable bonds is 6. The molecule has 0 radical (unpaired) electrons. The minimum atomic E-state index is 0.762. The van der Waals surface area contributed by atoms with Crippen molar-refractivity contribution in [2.24, 2.45) is 0 Å². The molecule has 0 spiro atoms. The Hall–Kier alpha value is -1.09. The third-order valence-electron chi connectivity index (χ3n) is 3.20. The van der Waals surface area contributed by atoms with Crippen LogP contribution in [-0.2, 0) is 6.54 Å². The Bertz CT molecular complexity index is 372. The van der Waals surface area contributed by atoms with E-state index >= 15 is 0 Å². The topological polar surface area (TPSA) is 28.2 Å². The molecular weight excluding hydrogens is 210 g/mol. The molecule has 2 rings (SSSR count). The van der Waals surface area contributed by atoms with E-state index in [0.29, 0.717) is 0 Å².